The second kappa shape index (κ2) is 6.81. The first-order valence-electron chi connectivity index (χ1n) is 8.10. The summed E-state index contributed by atoms with van der Waals surface area (Å²) in [5.74, 6) is 1.68. The van der Waals surface area contributed by atoms with Gasteiger partial charge in [0.1, 0.15) is 0 Å². The van der Waals surface area contributed by atoms with E-state index in [0.717, 1.165) is 44.5 Å². The van der Waals surface area contributed by atoms with Crippen molar-refractivity contribution in [3.63, 3.8) is 0 Å². The molecule has 7 heteroatoms. The van der Waals surface area contributed by atoms with Crippen molar-refractivity contribution < 1.29 is 5.11 Å². The third-order valence-corrected chi connectivity index (χ3v) is 4.40. The molecule has 0 aromatic carbocycles. The Morgan fingerprint density at radius 1 is 1.29 bits per heavy atom. The lowest BCUT2D eigenvalue weighted by molar-refractivity contribution is 0.0997. The van der Waals surface area contributed by atoms with Gasteiger partial charge < -0.3 is 15.3 Å². The first-order valence-corrected chi connectivity index (χ1v) is 8.10. The Morgan fingerprint density at radius 2 is 2.05 bits per heavy atom. The molecule has 0 bridgehead atoms. The molecule has 1 aliphatic heterocycles. The first kappa shape index (κ1) is 14.9. The lowest BCUT2D eigenvalue weighted by Gasteiger charge is -2.32. The van der Waals surface area contributed by atoms with Gasteiger partial charge in [0.05, 0.1) is 18.7 Å². The Hall–Kier alpha value is -1.05. The standard InChI is InChI=1S/C14H26N6O/c1-11(21)10-19-6-4-12(5-7-19)8-15-9-14-16-17-18-20(14)13-2-3-13/h11-13,15,21H,2-10H2,1H3/t11-/m0/s1. The Bertz CT molecular complexity index is 436. The number of nitrogens with zero attached hydrogens (tertiary/aromatic N) is 5. The van der Waals surface area contributed by atoms with Crippen LogP contribution in [0.3, 0.4) is 0 Å². The molecule has 118 valence electrons. The number of nitrogens with one attached hydrogen (secondary N) is 1. The molecule has 2 fully saturated rings. The smallest absolute Gasteiger partial charge is 0.165 e. The predicted molar refractivity (Wildman–Crippen MR) is 78.6 cm³/mol. The van der Waals surface area contributed by atoms with Gasteiger partial charge in [0, 0.05) is 6.54 Å². The highest BCUT2D eigenvalue weighted by molar-refractivity contribution is 4.90. The van der Waals surface area contributed by atoms with Crippen molar-refractivity contribution >= 4 is 0 Å². The molecule has 1 aromatic rings. The van der Waals surface area contributed by atoms with Crippen LogP contribution in [0, 0.1) is 5.92 Å². The Labute approximate surface area is 125 Å². The number of aliphatic hydroxyl groups is 1. The molecular weight excluding hydrogens is 268 g/mol. The van der Waals surface area contributed by atoms with Crippen LogP contribution in [0.15, 0.2) is 0 Å². The number of hydrogen-bond acceptors (Lipinski definition) is 6. The SMILES string of the molecule is C[C@H](O)CN1CCC(CNCc2nnnn2C2CC2)CC1. The molecule has 2 N–H and O–H groups in total. The molecule has 0 amide bonds. The highest BCUT2D eigenvalue weighted by Gasteiger charge is 2.27. The zero-order valence-electron chi connectivity index (χ0n) is 12.8. The van der Waals surface area contributed by atoms with Crippen molar-refractivity contribution in [1.29, 1.82) is 0 Å². The number of tetrazole rings is 1. The van der Waals surface area contributed by atoms with Gasteiger partial charge >= 0.3 is 0 Å². The molecule has 1 atom stereocenters. The van der Waals surface area contributed by atoms with E-state index in [1.807, 2.05) is 11.6 Å². The summed E-state index contributed by atoms with van der Waals surface area (Å²) in [5, 5.41) is 24.9. The summed E-state index contributed by atoms with van der Waals surface area (Å²) in [4.78, 5) is 2.36. The summed E-state index contributed by atoms with van der Waals surface area (Å²) in [6.07, 6.45) is 4.60. The summed E-state index contributed by atoms with van der Waals surface area (Å²) in [5.41, 5.74) is 0. The number of aliphatic hydroxyl groups excluding tert-OH is 1. The minimum Gasteiger partial charge on any atom is -0.392 e. The Kier molecular flexibility index (Phi) is 4.82. The predicted octanol–water partition coefficient (Wildman–Crippen LogP) is 0.190. The van der Waals surface area contributed by atoms with Crippen LogP contribution in [-0.4, -0.2) is 62.5 Å². The van der Waals surface area contributed by atoms with Crippen LogP contribution in [0.4, 0.5) is 0 Å². The second-order valence-corrected chi connectivity index (χ2v) is 6.49. The fourth-order valence-electron chi connectivity index (χ4n) is 3.07. The van der Waals surface area contributed by atoms with Crippen LogP contribution in [0.5, 0.6) is 0 Å². The molecule has 0 radical (unpaired) electrons. The van der Waals surface area contributed by atoms with Gasteiger partial charge in [-0.2, -0.15) is 0 Å². The van der Waals surface area contributed by atoms with Gasteiger partial charge in [0.15, 0.2) is 5.82 Å². The third kappa shape index (κ3) is 4.21. The fourth-order valence-corrected chi connectivity index (χ4v) is 3.07. The number of likely N-dealkylation sites (tertiary alicyclic amines) is 1. The van der Waals surface area contributed by atoms with E-state index < -0.39 is 0 Å². The lowest BCUT2D eigenvalue weighted by atomic mass is 9.96. The number of piperidine rings is 1. The third-order valence-electron chi connectivity index (χ3n) is 4.40. The monoisotopic (exact) mass is 294 g/mol. The zero-order chi connectivity index (χ0) is 14.7. The maximum absolute atomic E-state index is 9.42. The summed E-state index contributed by atoms with van der Waals surface area (Å²) in [6.45, 7) is 6.64. The van der Waals surface area contributed by atoms with Gasteiger partial charge in [-0.1, -0.05) is 0 Å². The lowest BCUT2D eigenvalue weighted by Crippen LogP contribution is -2.40. The van der Waals surface area contributed by atoms with E-state index >= 15 is 0 Å². The number of hydrogen-bond donors (Lipinski definition) is 2. The highest BCUT2D eigenvalue weighted by atomic mass is 16.3. The van der Waals surface area contributed by atoms with E-state index in [2.05, 4.69) is 25.7 Å². The number of aromatic nitrogens is 4. The second-order valence-electron chi connectivity index (χ2n) is 6.49. The van der Waals surface area contributed by atoms with Crippen LogP contribution in [0.2, 0.25) is 0 Å². The maximum atomic E-state index is 9.42. The summed E-state index contributed by atoms with van der Waals surface area (Å²) >= 11 is 0. The van der Waals surface area contributed by atoms with Crippen molar-refractivity contribution in [2.24, 2.45) is 5.92 Å². The van der Waals surface area contributed by atoms with Crippen molar-refractivity contribution in [1.82, 2.24) is 30.4 Å². The van der Waals surface area contributed by atoms with Crippen molar-refractivity contribution in [2.45, 2.75) is 51.3 Å². The highest BCUT2D eigenvalue weighted by Crippen LogP contribution is 2.34. The first-order chi connectivity index (χ1) is 10.2. The molecule has 7 nitrogen and oxygen atoms in total. The normalized spacial score (nSPS) is 22.6. The summed E-state index contributed by atoms with van der Waals surface area (Å²) < 4.78 is 1.97. The molecule has 21 heavy (non-hydrogen) atoms. The maximum Gasteiger partial charge on any atom is 0.165 e. The van der Waals surface area contributed by atoms with Crippen molar-refractivity contribution in [3.05, 3.63) is 5.82 Å². The molecule has 2 heterocycles. The average molecular weight is 294 g/mol. The van der Waals surface area contributed by atoms with Crippen LogP contribution >= 0.6 is 0 Å². The molecule has 0 unspecified atom stereocenters. The van der Waals surface area contributed by atoms with Crippen LogP contribution in [-0.2, 0) is 6.54 Å². The molecule has 1 saturated carbocycles. The topological polar surface area (TPSA) is 79.1 Å². The van der Waals surface area contributed by atoms with E-state index in [0.29, 0.717) is 6.04 Å². The minimum atomic E-state index is -0.221. The van der Waals surface area contributed by atoms with E-state index in [1.54, 1.807) is 0 Å². The Morgan fingerprint density at radius 3 is 2.71 bits per heavy atom. The van der Waals surface area contributed by atoms with Gasteiger partial charge in [0.2, 0.25) is 0 Å². The van der Waals surface area contributed by atoms with E-state index in [4.69, 9.17) is 0 Å². The van der Waals surface area contributed by atoms with Gasteiger partial charge in [-0.3, -0.25) is 0 Å². The zero-order valence-corrected chi connectivity index (χ0v) is 12.8. The van der Waals surface area contributed by atoms with Crippen molar-refractivity contribution in [2.75, 3.05) is 26.2 Å². The molecule has 2 aliphatic rings. The molecule has 0 spiro atoms. The summed E-state index contributed by atoms with van der Waals surface area (Å²) in [7, 11) is 0. The van der Waals surface area contributed by atoms with Gasteiger partial charge in [-0.15, -0.1) is 5.10 Å². The number of β-amino-alcohol motifs (C(OH)–C–C–N with tert-alkyl or cyclic N) is 1. The number of rotatable bonds is 7. The van der Waals surface area contributed by atoms with Crippen LogP contribution in [0.25, 0.3) is 0 Å². The van der Waals surface area contributed by atoms with E-state index in [-0.39, 0.29) is 6.10 Å². The largest absolute Gasteiger partial charge is 0.392 e. The quantitative estimate of drug-likeness (QED) is 0.747. The van der Waals surface area contributed by atoms with Crippen molar-refractivity contribution in [3.8, 4) is 0 Å². The van der Waals surface area contributed by atoms with Gasteiger partial charge in [-0.05, 0) is 68.6 Å². The molecular formula is C14H26N6O. The van der Waals surface area contributed by atoms with E-state index in [9.17, 15) is 5.11 Å². The van der Waals surface area contributed by atoms with Crippen LogP contribution in [0.1, 0.15) is 44.5 Å². The van der Waals surface area contributed by atoms with Gasteiger partial charge in [0.25, 0.3) is 0 Å². The molecule has 1 aliphatic carbocycles. The van der Waals surface area contributed by atoms with Crippen LogP contribution < -0.4 is 5.32 Å². The average Bonchev–Trinajstić information content (AvgIpc) is 3.20. The Balaban J connectivity index is 1.35. The van der Waals surface area contributed by atoms with Gasteiger partial charge in [-0.25, -0.2) is 4.68 Å². The molecule has 1 saturated heterocycles. The summed E-state index contributed by atoms with van der Waals surface area (Å²) in [6, 6.07) is 0.542. The fraction of sp³-hybridized carbons (Fsp3) is 0.929. The minimum absolute atomic E-state index is 0.221. The van der Waals surface area contributed by atoms with E-state index in [1.165, 1.54) is 25.7 Å². The molecule has 1 aromatic heterocycles. The molecule has 3 rings (SSSR count).